The van der Waals surface area contributed by atoms with Crippen molar-refractivity contribution < 1.29 is 5.11 Å². The fourth-order valence-electron chi connectivity index (χ4n) is 1.92. The van der Waals surface area contributed by atoms with Gasteiger partial charge in [0.2, 0.25) is 0 Å². The van der Waals surface area contributed by atoms with Crippen LogP contribution in [0.25, 0.3) is 11.0 Å². The maximum atomic E-state index is 8.92. The zero-order chi connectivity index (χ0) is 12.4. The van der Waals surface area contributed by atoms with Crippen LogP contribution in [0.2, 0.25) is 10.0 Å². The molecule has 0 fully saturated rings. The molecule has 92 valence electrons. The Balaban J connectivity index is 2.57. The number of nitrogens with zero attached hydrogens (tertiary/aromatic N) is 2. The number of fused-ring (bicyclic) bond motifs is 1. The fraction of sp³-hybridized carbons (Fsp3) is 0.417. The number of imidazole rings is 1. The minimum Gasteiger partial charge on any atom is -0.396 e. The topological polar surface area (TPSA) is 38.0 Å². The van der Waals surface area contributed by atoms with Crippen molar-refractivity contribution in [2.45, 2.75) is 26.3 Å². The van der Waals surface area contributed by atoms with Crippen molar-refractivity contribution in [3.63, 3.8) is 0 Å². The molecule has 2 aromatic rings. The summed E-state index contributed by atoms with van der Waals surface area (Å²) in [5.74, 6) is 0.992. The third-order valence-corrected chi connectivity index (χ3v) is 3.45. The van der Waals surface area contributed by atoms with Crippen molar-refractivity contribution in [1.82, 2.24) is 9.55 Å². The summed E-state index contributed by atoms with van der Waals surface area (Å²) >= 11 is 12.0. The molecule has 17 heavy (non-hydrogen) atoms. The highest BCUT2D eigenvalue weighted by Gasteiger charge is 2.11. The fourth-order valence-corrected chi connectivity index (χ4v) is 2.23. The summed E-state index contributed by atoms with van der Waals surface area (Å²) in [7, 11) is 0. The lowest BCUT2D eigenvalue weighted by atomic mass is 10.3. The monoisotopic (exact) mass is 272 g/mol. The van der Waals surface area contributed by atoms with Crippen LogP contribution >= 0.6 is 23.2 Å². The van der Waals surface area contributed by atoms with Crippen LogP contribution in [0.5, 0.6) is 0 Å². The van der Waals surface area contributed by atoms with E-state index in [-0.39, 0.29) is 6.61 Å². The van der Waals surface area contributed by atoms with E-state index in [0.29, 0.717) is 16.5 Å². The summed E-state index contributed by atoms with van der Waals surface area (Å²) < 4.78 is 2.09. The van der Waals surface area contributed by atoms with Gasteiger partial charge in [0.05, 0.1) is 21.1 Å². The summed E-state index contributed by atoms with van der Waals surface area (Å²) in [5, 5.41) is 9.97. The van der Waals surface area contributed by atoms with E-state index in [0.717, 1.165) is 29.8 Å². The second kappa shape index (κ2) is 5.25. The number of hydrogen-bond acceptors (Lipinski definition) is 2. The van der Waals surface area contributed by atoms with Gasteiger partial charge in [0, 0.05) is 19.6 Å². The van der Waals surface area contributed by atoms with Crippen molar-refractivity contribution in [2.24, 2.45) is 0 Å². The van der Waals surface area contributed by atoms with Crippen molar-refractivity contribution in [3.05, 3.63) is 28.0 Å². The van der Waals surface area contributed by atoms with Crippen LogP contribution in [0.1, 0.15) is 19.2 Å². The molecule has 0 bridgehead atoms. The molecule has 1 aromatic heterocycles. The number of halogens is 2. The normalized spacial score (nSPS) is 11.3. The van der Waals surface area contributed by atoms with E-state index in [1.165, 1.54) is 0 Å². The van der Waals surface area contributed by atoms with Crippen LogP contribution in [-0.4, -0.2) is 21.3 Å². The van der Waals surface area contributed by atoms with Crippen molar-refractivity contribution in [1.29, 1.82) is 0 Å². The molecule has 0 unspecified atom stereocenters. The highest BCUT2D eigenvalue weighted by molar-refractivity contribution is 6.42. The third kappa shape index (κ3) is 2.41. The van der Waals surface area contributed by atoms with Gasteiger partial charge in [-0.05, 0) is 18.6 Å². The van der Waals surface area contributed by atoms with E-state index >= 15 is 0 Å². The molecular formula is C12H14Cl2N2O. The summed E-state index contributed by atoms with van der Waals surface area (Å²) in [5.41, 5.74) is 1.83. The van der Waals surface area contributed by atoms with Crippen LogP contribution in [0, 0.1) is 0 Å². The van der Waals surface area contributed by atoms with E-state index < -0.39 is 0 Å². The maximum absolute atomic E-state index is 8.92. The van der Waals surface area contributed by atoms with Gasteiger partial charge in [0.15, 0.2) is 0 Å². The van der Waals surface area contributed by atoms with Gasteiger partial charge in [0.1, 0.15) is 5.82 Å². The van der Waals surface area contributed by atoms with Crippen molar-refractivity contribution >= 4 is 34.2 Å². The number of aliphatic hydroxyl groups is 1. The average molecular weight is 273 g/mol. The SMILES string of the molecule is CCc1nc2cc(Cl)c(Cl)cc2n1CCCO. The molecule has 1 aromatic carbocycles. The number of hydrogen-bond donors (Lipinski definition) is 1. The molecule has 0 spiro atoms. The summed E-state index contributed by atoms with van der Waals surface area (Å²) in [6.45, 7) is 2.97. The molecule has 0 atom stereocenters. The largest absolute Gasteiger partial charge is 0.396 e. The Morgan fingerprint density at radius 2 is 2.00 bits per heavy atom. The standard InChI is InChI=1S/C12H14Cl2N2O/c1-2-12-15-10-6-8(13)9(14)7-11(10)16(12)4-3-5-17/h6-7,17H,2-5H2,1H3. The first-order valence-corrected chi connectivity index (χ1v) is 6.38. The third-order valence-electron chi connectivity index (χ3n) is 2.73. The van der Waals surface area contributed by atoms with Gasteiger partial charge in [-0.2, -0.15) is 0 Å². The van der Waals surface area contributed by atoms with E-state index in [4.69, 9.17) is 28.3 Å². The zero-order valence-electron chi connectivity index (χ0n) is 9.58. The van der Waals surface area contributed by atoms with Gasteiger partial charge in [-0.1, -0.05) is 30.1 Å². The molecule has 2 rings (SSSR count). The second-order valence-corrected chi connectivity index (χ2v) is 4.68. The molecule has 0 aliphatic heterocycles. The molecule has 0 saturated carbocycles. The Bertz CT molecular complexity index is 537. The number of benzene rings is 1. The van der Waals surface area contributed by atoms with E-state index in [1.54, 1.807) is 6.07 Å². The minimum atomic E-state index is 0.171. The number of aryl methyl sites for hydroxylation is 2. The van der Waals surface area contributed by atoms with Crippen LogP contribution in [0.15, 0.2) is 12.1 Å². The Morgan fingerprint density at radius 3 is 2.65 bits per heavy atom. The molecule has 3 nitrogen and oxygen atoms in total. The molecule has 0 amide bonds. The van der Waals surface area contributed by atoms with E-state index in [1.807, 2.05) is 6.07 Å². The Morgan fingerprint density at radius 1 is 1.29 bits per heavy atom. The van der Waals surface area contributed by atoms with E-state index in [9.17, 15) is 0 Å². The Labute approximate surface area is 110 Å². The molecule has 0 radical (unpaired) electrons. The van der Waals surface area contributed by atoms with Crippen LogP contribution in [-0.2, 0) is 13.0 Å². The van der Waals surface area contributed by atoms with Gasteiger partial charge in [-0.25, -0.2) is 4.98 Å². The van der Waals surface area contributed by atoms with Gasteiger partial charge in [-0.3, -0.25) is 0 Å². The molecule has 0 aliphatic rings. The highest BCUT2D eigenvalue weighted by Crippen LogP contribution is 2.28. The quantitative estimate of drug-likeness (QED) is 0.928. The smallest absolute Gasteiger partial charge is 0.109 e. The molecular weight excluding hydrogens is 259 g/mol. The van der Waals surface area contributed by atoms with Gasteiger partial charge < -0.3 is 9.67 Å². The Hall–Kier alpha value is -0.770. The highest BCUT2D eigenvalue weighted by atomic mass is 35.5. The Kier molecular flexibility index (Phi) is 3.92. The molecule has 1 N–H and O–H groups in total. The lowest BCUT2D eigenvalue weighted by Gasteiger charge is -2.07. The van der Waals surface area contributed by atoms with Gasteiger partial charge in [0.25, 0.3) is 0 Å². The molecule has 0 saturated heterocycles. The van der Waals surface area contributed by atoms with E-state index in [2.05, 4.69) is 16.5 Å². The van der Waals surface area contributed by atoms with Crippen molar-refractivity contribution in [3.8, 4) is 0 Å². The minimum absolute atomic E-state index is 0.171. The first-order chi connectivity index (χ1) is 8.17. The number of aliphatic hydroxyl groups excluding tert-OH is 1. The summed E-state index contributed by atoms with van der Waals surface area (Å²) in [6.07, 6.45) is 1.55. The maximum Gasteiger partial charge on any atom is 0.109 e. The first kappa shape index (κ1) is 12.7. The lowest BCUT2D eigenvalue weighted by molar-refractivity contribution is 0.280. The molecule has 5 heteroatoms. The average Bonchev–Trinajstić information content (AvgIpc) is 2.64. The molecule has 1 heterocycles. The zero-order valence-corrected chi connectivity index (χ0v) is 11.1. The van der Waals surface area contributed by atoms with Crippen LogP contribution in [0.3, 0.4) is 0 Å². The van der Waals surface area contributed by atoms with Gasteiger partial charge in [-0.15, -0.1) is 0 Å². The predicted molar refractivity (Wildman–Crippen MR) is 70.8 cm³/mol. The van der Waals surface area contributed by atoms with Gasteiger partial charge >= 0.3 is 0 Å². The summed E-state index contributed by atoms with van der Waals surface area (Å²) in [4.78, 5) is 4.52. The van der Waals surface area contributed by atoms with Crippen LogP contribution in [0.4, 0.5) is 0 Å². The predicted octanol–water partition coefficient (Wildman–Crippen LogP) is 3.29. The molecule has 0 aliphatic carbocycles. The second-order valence-electron chi connectivity index (χ2n) is 3.87. The summed E-state index contributed by atoms with van der Waals surface area (Å²) in [6, 6.07) is 3.62. The number of aromatic nitrogens is 2. The first-order valence-electron chi connectivity index (χ1n) is 5.62. The lowest BCUT2D eigenvalue weighted by Crippen LogP contribution is -2.04. The van der Waals surface area contributed by atoms with Crippen LogP contribution < -0.4 is 0 Å². The number of rotatable bonds is 4. The van der Waals surface area contributed by atoms with Crippen molar-refractivity contribution in [2.75, 3.05) is 6.61 Å².